The van der Waals surface area contributed by atoms with Gasteiger partial charge in [0.05, 0.1) is 25.6 Å². The van der Waals surface area contributed by atoms with Crippen LogP contribution in [0.4, 0.5) is 4.79 Å². The molecule has 2 heterocycles. The Hall–Kier alpha value is -2.90. The molecule has 0 fully saturated rings. The van der Waals surface area contributed by atoms with Crippen molar-refractivity contribution in [3.8, 4) is 11.4 Å². The fourth-order valence-corrected chi connectivity index (χ4v) is 2.32. The Morgan fingerprint density at radius 2 is 2.04 bits per heavy atom. The van der Waals surface area contributed by atoms with Crippen molar-refractivity contribution in [3.63, 3.8) is 0 Å². The van der Waals surface area contributed by atoms with E-state index in [1.807, 2.05) is 25.1 Å². The number of nitrogens with zero attached hydrogens (tertiary/aromatic N) is 3. The van der Waals surface area contributed by atoms with Crippen LogP contribution in [0.25, 0.3) is 11.4 Å². The van der Waals surface area contributed by atoms with Gasteiger partial charge in [-0.1, -0.05) is 6.07 Å². The normalized spacial score (nSPS) is 10.3. The summed E-state index contributed by atoms with van der Waals surface area (Å²) < 4.78 is 11.0. The average Bonchev–Trinajstić information content (AvgIpc) is 2.94. The number of carbonyl (C=O) groups is 2. The zero-order chi connectivity index (χ0) is 17.5. The lowest BCUT2D eigenvalue weighted by Gasteiger charge is -2.08. The molecule has 2 rings (SSSR count). The topological polar surface area (TPSA) is 95.3 Å². The van der Waals surface area contributed by atoms with E-state index in [1.165, 1.54) is 14.2 Å². The number of aryl methyl sites for hydroxylation is 1. The number of nitrogens with one attached hydrogen (secondary N) is 1. The summed E-state index contributed by atoms with van der Waals surface area (Å²) in [5, 5.41) is 6.96. The summed E-state index contributed by atoms with van der Waals surface area (Å²) in [6, 6.07) is 5.55. The van der Waals surface area contributed by atoms with Gasteiger partial charge >= 0.3 is 12.1 Å². The van der Waals surface area contributed by atoms with Gasteiger partial charge in [0.15, 0.2) is 5.69 Å². The van der Waals surface area contributed by atoms with Crippen LogP contribution in [-0.4, -0.2) is 47.6 Å². The predicted molar refractivity (Wildman–Crippen MR) is 86.6 cm³/mol. The van der Waals surface area contributed by atoms with Gasteiger partial charge < -0.3 is 14.8 Å². The van der Waals surface area contributed by atoms with Gasteiger partial charge in [0, 0.05) is 24.8 Å². The molecule has 1 amide bonds. The highest BCUT2D eigenvalue weighted by molar-refractivity contribution is 5.90. The summed E-state index contributed by atoms with van der Waals surface area (Å²) >= 11 is 0. The SMILES string of the molecule is COC(=O)NCCCn1nc(C(=O)OC)c(C)c1-c1ccccn1. The number of alkyl carbamates (subject to hydrolysis) is 1. The summed E-state index contributed by atoms with van der Waals surface area (Å²) in [5.74, 6) is -0.490. The molecule has 0 atom stereocenters. The molecular formula is C16H20N4O4. The van der Waals surface area contributed by atoms with Crippen LogP contribution in [0.1, 0.15) is 22.5 Å². The average molecular weight is 332 g/mol. The second-order valence-corrected chi connectivity index (χ2v) is 5.02. The number of hydrogen-bond donors (Lipinski definition) is 1. The van der Waals surface area contributed by atoms with Crippen LogP contribution in [0.2, 0.25) is 0 Å². The molecule has 0 bridgehead atoms. The largest absolute Gasteiger partial charge is 0.464 e. The third-order valence-electron chi connectivity index (χ3n) is 3.48. The highest BCUT2D eigenvalue weighted by Gasteiger charge is 2.22. The smallest absolute Gasteiger partial charge is 0.406 e. The van der Waals surface area contributed by atoms with Gasteiger partial charge in [-0.15, -0.1) is 0 Å². The van der Waals surface area contributed by atoms with Crippen molar-refractivity contribution in [3.05, 3.63) is 35.7 Å². The van der Waals surface area contributed by atoms with Crippen LogP contribution in [0.5, 0.6) is 0 Å². The molecule has 128 valence electrons. The number of esters is 1. The Bertz CT molecular complexity index is 712. The maximum atomic E-state index is 11.9. The number of hydrogen-bond acceptors (Lipinski definition) is 6. The zero-order valence-electron chi connectivity index (χ0n) is 13.9. The Balaban J connectivity index is 2.25. The number of carbonyl (C=O) groups excluding carboxylic acids is 2. The lowest BCUT2D eigenvalue weighted by atomic mass is 10.1. The minimum Gasteiger partial charge on any atom is -0.464 e. The molecule has 0 unspecified atom stereocenters. The fraction of sp³-hybridized carbons (Fsp3) is 0.375. The molecular weight excluding hydrogens is 312 g/mol. The van der Waals surface area contributed by atoms with E-state index in [4.69, 9.17) is 4.74 Å². The van der Waals surface area contributed by atoms with Crippen molar-refractivity contribution in [2.75, 3.05) is 20.8 Å². The van der Waals surface area contributed by atoms with E-state index in [0.717, 1.165) is 11.4 Å². The second kappa shape index (κ2) is 8.09. The number of amides is 1. The number of rotatable bonds is 6. The highest BCUT2D eigenvalue weighted by Crippen LogP contribution is 2.24. The Morgan fingerprint density at radius 1 is 1.25 bits per heavy atom. The maximum Gasteiger partial charge on any atom is 0.406 e. The van der Waals surface area contributed by atoms with Gasteiger partial charge in [-0.3, -0.25) is 9.67 Å². The molecule has 0 aliphatic rings. The first-order valence-corrected chi connectivity index (χ1v) is 7.47. The summed E-state index contributed by atoms with van der Waals surface area (Å²) in [6.07, 6.45) is 1.83. The van der Waals surface area contributed by atoms with Crippen LogP contribution >= 0.6 is 0 Å². The van der Waals surface area contributed by atoms with E-state index in [-0.39, 0.29) is 5.69 Å². The van der Waals surface area contributed by atoms with Gasteiger partial charge in [0.2, 0.25) is 0 Å². The first-order valence-electron chi connectivity index (χ1n) is 7.47. The van der Waals surface area contributed by atoms with E-state index in [1.54, 1.807) is 10.9 Å². The van der Waals surface area contributed by atoms with Crippen molar-refractivity contribution in [1.29, 1.82) is 0 Å². The monoisotopic (exact) mass is 332 g/mol. The Morgan fingerprint density at radius 3 is 2.67 bits per heavy atom. The molecule has 8 nitrogen and oxygen atoms in total. The van der Waals surface area contributed by atoms with Gasteiger partial charge in [-0.05, 0) is 25.5 Å². The Labute approximate surface area is 139 Å². The van der Waals surface area contributed by atoms with Crippen molar-refractivity contribution in [2.45, 2.75) is 19.9 Å². The standard InChI is InChI=1S/C16H20N4O4/c1-11-13(15(21)23-2)19-20(10-6-9-18-16(22)24-3)14(11)12-7-4-5-8-17-12/h4-5,7-8H,6,9-10H2,1-3H3,(H,18,22). The number of methoxy groups -OCH3 is 2. The predicted octanol–water partition coefficient (Wildman–Crippen LogP) is 1.79. The highest BCUT2D eigenvalue weighted by atomic mass is 16.5. The van der Waals surface area contributed by atoms with Gasteiger partial charge in [-0.25, -0.2) is 9.59 Å². The Kier molecular flexibility index (Phi) is 5.89. The van der Waals surface area contributed by atoms with Crippen molar-refractivity contribution < 1.29 is 19.1 Å². The summed E-state index contributed by atoms with van der Waals surface area (Å²) in [4.78, 5) is 27.3. The van der Waals surface area contributed by atoms with E-state index in [2.05, 4.69) is 20.1 Å². The van der Waals surface area contributed by atoms with Crippen LogP contribution in [-0.2, 0) is 16.0 Å². The molecule has 8 heteroatoms. The lowest BCUT2D eigenvalue weighted by molar-refractivity contribution is 0.0592. The van der Waals surface area contributed by atoms with Crippen LogP contribution < -0.4 is 5.32 Å². The molecule has 24 heavy (non-hydrogen) atoms. The van der Waals surface area contributed by atoms with Crippen molar-refractivity contribution in [1.82, 2.24) is 20.1 Å². The lowest BCUT2D eigenvalue weighted by Crippen LogP contribution is -2.25. The molecule has 2 aromatic heterocycles. The molecule has 0 aliphatic carbocycles. The van der Waals surface area contributed by atoms with E-state index < -0.39 is 12.1 Å². The molecule has 0 spiro atoms. The van der Waals surface area contributed by atoms with Crippen molar-refractivity contribution >= 4 is 12.1 Å². The van der Waals surface area contributed by atoms with E-state index in [0.29, 0.717) is 25.1 Å². The van der Waals surface area contributed by atoms with Crippen LogP contribution in [0.3, 0.4) is 0 Å². The fourth-order valence-electron chi connectivity index (χ4n) is 2.32. The summed E-state index contributed by atoms with van der Waals surface area (Å²) in [7, 11) is 2.63. The minimum atomic E-state index is -0.490. The number of aromatic nitrogens is 3. The molecule has 2 aromatic rings. The zero-order valence-corrected chi connectivity index (χ0v) is 13.9. The number of ether oxygens (including phenoxy) is 2. The number of pyridine rings is 1. The second-order valence-electron chi connectivity index (χ2n) is 5.02. The molecule has 0 saturated carbocycles. The summed E-state index contributed by atoms with van der Waals surface area (Å²) in [6.45, 7) is 2.75. The van der Waals surface area contributed by atoms with E-state index in [9.17, 15) is 9.59 Å². The van der Waals surface area contributed by atoms with Crippen LogP contribution in [0, 0.1) is 6.92 Å². The molecule has 0 saturated heterocycles. The quantitative estimate of drug-likeness (QED) is 0.640. The molecule has 0 aliphatic heterocycles. The first-order chi connectivity index (χ1) is 11.6. The summed E-state index contributed by atoms with van der Waals surface area (Å²) in [5.41, 5.74) is 2.45. The third-order valence-corrected chi connectivity index (χ3v) is 3.48. The molecule has 0 aromatic carbocycles. The van der Waals surface area contributed by atoms with Crippen molar-refractivity contribution in [2.24, 2.45) is 0 Å². The van der Waals surface area contributed by atoms with Gasteiger partial charge in [0.25, 0.3) is 0 Å². The van der Waals surface area contributed by atoms with Gasteiger partial charge in [-0.2, -0.15) is 5.10 Å². The maximum absolute atomic E-state index is 11.9. The molecule has 0 radical (unpaired) electrons. The van der Waals surface area contributed by atoms with Gasteiger partial charge in [0.1, 0.15) is 0 Å². The van der Waals surface area contributed by atoms with E-state index >= 15 is 0 Å². The minimum absolute atomic E-state index is 0.263. The third kappa shape index (κ3) is 3.89. The van der Waals surface area contributed by atoms with Crippen LogP contribution in [0.15, 0.2) is 24.4 Å². The first kappa shape index (κ1) is 17.5. The molecule has 1 N–H and O–H groups in total.